The van der Waals surface area contributed by atoms with Crippen LogP contribution >= 0.6 is 0 Å². The molecular formula is C27H39N5O6S. The van der Waals surface area contributed by atoms with Gasteiger partial charge in [0.15, 0.2) is 5.82 Å². The number of imidazole rings is 1. The number of nitrogens with zero attached hydrogens (tertiary/aromatic N) is 3. The van der Waals surface area contributed by atoms with Crippen LogP contribution < -0.4 is 11.1 Å². The molecule has 0 aliphatic heterocycles. The summed E-state index contributed by atoms with van der Waals surface area (Å²) in [6.07, 6.45) is 3.67. The smallest absolute Gasteiger partial charge is 0.307 e. The molecule has 0 saturated heterocycles. The van der Waals surface area contributed by atoms with Crippen LogP contribution in [0.5, 0.6) is 0 Å². The molecule has 0 saturated carbocycles. The Balaban J connectivity index is 1.68. The Morgan fingerprint density at radius 3 is 2.54 bits per heavy atom. The molecule has 0 spiro atoms. The topological polar surface area (TPSA) is 166 Å². The minimum absolute atomic E-state index is 0.274. The number of esters is 1. The van der Waals surface area contributed by atoms with E-state index in [-0.39, 0.29) is 6.54 Å². The first-order valence-electron chi connectivity index (χ1n) is 13.3. The Morgan fingerprint density at radius 2 is 1.87 bits per heavy atom. The summed E-state index contributed by atoms with van der Waals surface area (Å²) in [5, 5.41) is 3.67. The number of anilines is 1. The maximum atomic E-state index is 12.7. The van der Waals surface area contributed by atoms with E-state index in [0.717, 1.165) is 41.5 Å². The minimum Gasteiger partial charge on any atom is -0.460 e. The van der Waals surface area contributed by atoms with Crippen LogP contribution in [0, 0.1) is 5.92 Å². The number of carbonyl (C=O) groups excluding carboxylic acids is 2. The molecule has 11 nitrogen and oxygen atoms in total. The highest BCUT2D eigenvalue weighted by atomic mass is 32.2. The van der Waals surface area contributed by atoms with E-state index in [1.54, 1.807) is 20.8 Å². The van der Waals surface area contributed by atoms with Crippen LogP contribution in [0.15, 0.2) is 24.3 Å². The normalized spacial score (nSPS) is 13.1. The van der Waals surface area contributed by atoms with E-state index < -0.39 is 45.7 Å². The third-order valence-electron chi connectivity index (χ3n) is 6.17. The van der Waals surface area contributed by atoms with Crippen molar-refractivity contribution in [2.24, 2.45) is 5.92 Å². The fraction of sp³-hybridized carbons (Fsp3) is 0.556. The third kappa shape index (κ3) is 8.62. The van der Waals surface area contributed by atoms with Crippen LogP contribution in [-0.2, 0) is 37.4 Å². The SMILES string of the molecule is CCCCc1nc2c(N)nc3ccccc3c2n1CCCCNC(=O)[C@@H](CC(=O)OC(C)(C)C)CS(=O)(=O)O. The Morgan fingerprint density at radius 1 is 1.15 bits per heavy atom. The predicted octanol–water partition coefficient (Wildman–Crippen LogP) is 3.64. The van der Waals surface area contributed by atoms with Crippen molar-refractivity contribution < 1.29 is 27.3 Å². The first kappa shape index (κ1) is 30.3. The highest BCUT2D eigenvalue weighted by molar-refractivity contribution is 7.85. The number of ether oxygens (including phenoxy) is 1. The van der Waals surface area contributed by atoms with Gasteiger partial charge in [-0.2, -0.15) is 8.42 Å². The van der Waals surface area contributed by atoms with Crippen LogP contribution in [-0.4, -0.2) is 57.3 Å². The lowest BCUT2D eigenvalue weighted by atomic mass is 10.1. The highest BCUT2D eigenvalue weighted by Crippen LogP contribution is 2.29. The summed E-state index contributed by atoms with van der Waals surface area (Å²) in [6.45, 7) is 8.06. The van der Waals surface area contributed by atoms with Crippen molar-refractivity contribution in [1.82, 2.24) is 19.9 Å². The largest absolute Gasteiger partial charge is 0.460 e. The molecule has 1 aromatic carbocycles. The summed E-state index contributed by atoms with van der Waals surface area (Å²) in [5.74, 6) is -2.12. The van der Waals surface area contributed by atoms with Gasteiger partial charge in [-0.1, -0.05) is 31.5 Å². The summed E-state index contributed by atoms with van der Waals surface area (Å²) in [6, 6.07) is 7.80. The molecule has 3 aromatic rings. The second-order valence-corrected chi connectivity index (χ2v) is 12.2. The number of fused-ring (bicyclic) bond motifs is 3. The molecule has 39 heavy (non-hydrogen) atoms. The number of unbranched alkanes of at least 4 members (excludes halogenated alkanes) is 2. The number of pyridine rings is 1. The maximum absolute atomic E-state index is 12.7. The van der Waals surface area contributed by atoms with E-state index in [0.29, 0.717) is 30.7 Å². The highest BCUT2D eigenvalue weighted by Gasteiger charge is 2.29. The number of aryl methyl sites for hydroxylation is 2. The van der Waals surface area contributed by atoms with E-state index in [2.05, 4.69) is 21.8 Å². The van der Waals surface area contributed by atoms with Gasteiger partial charge in [0, 0.05) is 24.9 Å². The minimum atomic E-state index is -4.47. The number of nitrogens with two attached hydrogens (primary N) is 1. The molecule has 1 atom stereocenters. The van der Waals surface area contributed by atoms with Gasteiger partial charge in [-0.05, 0) is 46.1 Å². The maximum Gasteiger partial charge on any atom is 0.307 e. The molecule has 3 rings (SSSR count). The van der Waals surface area contributed by atoms with Crippen LogP contribution in [0.4, 0.5) is 5.82 Å². The second kappa shape index (κ2) is 12.7. The molecule has 4 N–H and O–H groups in total. The number of carbonyl (C=O) groups is 2. The average Bonchev–Trinajstić information content (AvgIpc) is 3.19. The number of nitrogen functional groups attached to an aromatic ring is 1. The molecule has 0 fully saturated rings. The van der Waals surface area contributed by atoms with Crippen molar-refractivity contribution in [3.8, 4) is 0 Å². The molecule has 2 aromatic heterocycles. The van der Waals surface area contributed by atoms with Gasteiger partial charge < -0.3 is 20.4 Å². The summed E-state index contributed by atoms with van der Waals surface area (Å²) in [5.41, 5.74) is 7.90. The zero-order valence-electron chi connectivity index (χ0n) is 23.1. The van der Waals surface area contributed by atoms with Gasteiger partial charge in [0.05, 0.1) is 29.1 Å². The molecule has 0 aliphatic carbocycles. The van der Waals surface area contributed by atoms with E-state index in [4.69, 9.17) is 15.5 Å². The molecule has 0 unspecified atom stereocenters. The van der Waals surface area contributed by atoms with Crippen molar-refractivity contribution in [3.05, 3.63) is 30.1 Å². The Bertz CT molecular complexity index is 1430. The molecular weight excluding hydrogens is 522 g/mol. The fourth-order valence-corrected chi connectivity index (χ4v) is 5.27. The van der Waals surface area contributed by atoms with Crippen molar-refractivity contribution in [2.45, 2.75) is 78.4 Å². The van der Waals surface area contributed by atoms with Gasteiger partial charge >= 0.3 is 5.97 Å². The lowest BCUT2D eigenvalue weighted by molar-refractivity contribution is -0.157. The van der Waals surface area contributed by atoms with Gasteiger partial charge in [0.1, 0.15) is 16.9 Å². The van der Waals surface area contributed by atoms with E-state index in [9.17, 15) is 22.6 Å². The van der Waals surface area contributed by atoms with Gasteiger partial charge in [-0.25, -0.2) is 9.97 Å². The van der Waals surface area contributed by atoms with Crippen LogP contribution in [0.25, 0.3) is 21.9 Å². The summed E-state index contributed by atoms with van der Waals surface area (Å²) >= 11 is 0. The van der Waals surface area contributed by atoms with Crippen LogP contribution in [0.1, 0.15) is 65.6 Å². The van der Waals surface area contributed by atoms with Crippen molar-refractivity contribution in [1.29, 1.82) is 0 Å². The zero-order chi connectivity index (χ0) is 28.8. The number of amides is 1. The number of nitrogens with one attached hydrogen (secondary N) is 1. The van der Waals surface area contributed by atoms with Crippen molar-refractivity contribution in [3.63, 3.8) is 0 Å². The van der Waals surface area contributed by atoms with E-state index >= 15 is 0 Å². The third-order valence-corrected chi connectivity index (χ3v) is 6.99. The molecule has 12 heteroatoms. The standard InChI is InChI=1S/C27H39N5O6S/c1-5-6-13-21-31-23-24(19-11-7-8-12-20(19)30-25(23)28)32(21)15-10-9-14-29-26(34)18(17-39(35,36)37)16-22(33)38-27(2,3)4/h7-8,11-12,18H,5-6,9-10,13-17H2,1-4H3,(H2,28,30)(H,29,34)(H,35,36,37)/t18-/m0/s1. The Labute approximate surface area is 229 Å². The van der Waals surface area contributed by atoms with Gasteiger partial charge in [-0.15, -0.1) is 0 Å². The molecule has 2 heterocycles. The number of aromatic nitrogens is 3. The summed E-state index contributed by atoms with van der Waals surface area (Å²) in [4.78, 5) is 34.2. The number of benzene rings is 1. The second-order valence-electron chi connectivity index (χ2n) is 10.7. The number of rotatable bonds is 13. The average molecular weight is 562 g/mol. The summed E-state index contributed by atoms with van der Waals surface area (Å²) < 4.78 is 39.6. The lowest BCUT2D eigenvalue weighted by Gasteiger charge is -2.21. The zero-order valence-corrected chi connectivity index (χ0v) is 23.9. The summed E-state index contributed by atoms with van der Waals surface area (Å²) in [7, 11) is -4.47. The van der Waals surface area contributed by atoms with Crippen LogP contribution in [0.3, 0.4) is 0 Å². The number of para-hydroxylation sites is 1. The number of hydrogen-bond acceptors (Lipinski definition) is 8. The van der Waals surface area contributed by atoms with Gasteiger partial charge in [0.2, 0.25) is 5.91 Å². The molecule has 1 amide bonds. The first-order valence-corrected chi connectivity index (χ1v) is 14.9. The molecule has 0 aliphatic rings. The first-order chi connectivity index (χ1) is 18.3. The Hall–Kier alpha value is -3.25. The van der Waals surface area contributed by atoms with Crippen molar-refractivity contribution in [2.75, 3.05) is 18.0 Å². The molecule has 0 radical (unpaired) electrons. The van der Waals surface area contributed by atoms with Gasteiger partial charge in [-0.3, -0.25) is 14.1 Å². The van der Waals surface area contributed by atoms with Gasteiger partial charge in [0.25, 0.3) is 10.1 Å². The van der Waals surface area contributed by atoms with E-state index in [1.165, 1.54) is 0 Å². The molecule has 214 valence electrons. The predicted molar refractivity (Wildman–Crippen MR) is 151 cm³/mol. The van der Waals surface area contributed by atoms with E-state index in [1.807, 2.05) is 24.3 Å². The monoisotopic (exact) mass is 561 g/mol. The Kier molecular flexibility index (Phi) is 9.89. The van der Waals surface area contributed by atoms with Crippen molar-refractivity contribution >= 4 is 49.7 Å². The lowest BCUT2D eigenvalue weighted by Crippen LogP contribution is -2.37. The number of hydrogen-bond donors (Lipinski definition) is 3. The fourth-order valence-electron chi connectivity index (χ4n) is 4.49. The quantitative estimate of drug-likeness (QED) is 0.160. The molecule has 0 bridgehead atoms. The van der Waals surface area contributed by atoms with Crippen LogP contribution in [0.2, 0.25) is 0 Å².